The van der Waals surface area contributed by atoms with Crippen LogP contribution in [0.1, 0.15) is 34.6 Å². The zero-order chi connectivity index (χ0) is 16.0. The SMILES string of the molecule is CCN(CC)CCNC(=O)Nc1sc(C)c(C)c1C(=O)O. The number of thiophene rings is 1. The second-order valence-corrected chi connectivity index (χ2v) is 5.93. The molecule has 0 aliphatic rings. The van der Waals surface area contributed by atoms with Gasteiger partial charge in [0.25, 0.3) is 0 Å². The molecule has 0 fully saturated rings. The van der Waals surface area contributed by atoms with Crippen LogP contribution in [-0.2, 0) is 0 Å². The van der Waals surface area contributed by atoms with E-state index < -0.39 is 5.97 Å². The number of aromatic carboxylic acids is 1. The number of urea groups is 1. The van der Waals surface area contributed by atoms with Gasteiger partial charge in [0, 0.05) is 18.0 Å². The van der Waals surface area contributed by atoms with Gasteiger partial charge in [-0.25, -0.2) is 9.59 Å². The highest BCUT2D eigenvalue weighted by atomic mass is 32.1. The molecule has 0 atom stereocenters. The van der Waals surface area contributed by atoms with Gasteiger partial charge in [-0.1, -0.05) is 13.8 Å². The highest BCUT2D eigenvalue weighted by Crippen LogP contribution is 2.32. The number of rotatable bonds is 7. The van der Waals surface area contributed by atoms with Gasteiger partial charge in [0.15, 0.2) is 0 Å². The predicted molar refractivity (Wildman–Crippen MR) is 85.6 cm³/mol. The fourth-order valence-corrected chi connectivity index (χ4v) is 3.03. The number of carboxylic acid groups (broad SMARTS) is 1. The fourth-order valence-electron chi connectivity index (χ4n) is 1.99. The summed E-state index contributed by atoms with van der Waals surface area (Å²) < 4.78 is 0. The largest absolute Gasteiger partial charge is 0.478 e. The molecule has 3 N–H and O–H groups in total. The van der Waals surface area contributed by atoms with Gasteiger partial charge in [0.05, 0.1) is 5.56 Å². The maximum atomic E-state index is 11.8. The van der Waals surface area contributed by atoms with Crippen LogP contribution in [-0.4, -0.2) is 48.2 Å². The van der Waals surface area contributed by atoms with Crippen LogP contribution in [0.3, 0.4) is 0 Å². The Morgan fingerprint density at radius 3 is 2.38 bits per heavy atom. The third kappa shape index (κ3) is 4.71. The van der Waals surface area contributed by atoms with Crippen LogP contribution in [0.25, 0.3) is 0 Å². The van der Waals surface area contributed by atoms with E-state index in [2.05, 4.69) is 29.4 Å². The standard InChI is InChI=1S/C14H23N3O3S/c1-5-17(6-2)8-7-15-14(20)16-12-11(13(18)19)9(3)10(4)21-12/h5-8H2,1-4H3,(H,18,19)(H2,15,16,20). The van der Waals surface area contributed by atoms with Crippen molar-refractivity contribution in [1.82, 2.24) is 10.2 Å². The van der Waals surface area contributed by atoms with Gasteiger partial charge >= 0.3 is 12.0 Å². The van der Waals surface area contributed by atoms with Crippen molar-refractivity contribution in [2.24, 2.45) is 0 Å². The summed E-state index contributed by atoms with van der Waals surface area (Å²) in [6.07, 6.45) is 0. The highest BCUT2D eigenvalue weighted by molar-refractivity contribution is 7.16. The van der Waals surface area contributed by atoms with Crippen molar-refractivity contribution in [3.8, 4) is 0 Å². The fraction of sp³-hybridized carbons (Fsp3) is 0.571. The quantitative estimate of drug-likeness (QED) is 0.722. The molecule has 2 amide bonds. The van der Waals surface area contributed by atoms with Gasteiger partial charge in [0.2, 0.25) is 0 Å². The molecule has 0 aromatic carbocycles. The van der Waals surface area contributed by atoms with Gasteiger partial charge in [-0.2, -0.15) is 0 Å². The van der Waals surface area contributed by atoms with Gasteiger partial charge < -0.3 is 15.3 Å². The lowest BCUT2D eigenvalue weighted by Crippen LogP contribution is -2.36. The minimum absolute atomic E-state index is 0.177. The lowest BCUT2D eigenvalue weighted by molar-refractivity contribution is 0.0697. The smallest absolute Gasteiger partial charge is 0.338 e. The molecule has 0 radical (unpaired) electrons. The number of carbonyl (C=O) groups excluding carboxylic acids is 1. The molecule has 1 rings (SSSR count). The zero-order valence-corrected chi connectivity index (χ0v) is 13.8. The van der Waals surface area contributed by atoms with E-state index in [0.29, 0.717) is 17.1 Å². The van der Waals surface area contributed by atoms with Crippen molar-refractivity contribution in [3.05, 3.63) is 16.0 Å². The number of aryl methyl sites for hydroxylation is 1. The molecule has 21 heavy (non-hydrogen) atoms. The summed E-state index contributed by atoms with van der Waals surface area (Å²) in [6.45, 7) is 10.9. The number of amides is 2. The first kappa shape index (κ1) is 17.5. The van der Waals surface area contributed by atoms with Crippen LogP contribution < -0.4 is 10.6 Å². The number of anilines is 1. The van der Waals surface area contributed by atoms with E-state index in [1.165, 1.54) is 11.3 Å². The van der Waals surface area contributed by atoms with Crippen molar-refractivity contribution in [2.75, 3.05) is 31.5 Å². The summed E-state index contributed by atoms with van der Waals surface area (Å²) in [4.78, 5) is 26.2. The summed E-state index contributed by atoms with van der Waals surface area (Å²) in [5, 5.41) is 15.0. The van der Waals surface area contributed by atoms with Crippen molar-refractivity contribution in [1.29, 1.82) is 0 Å². The molecule has 118 valence electrons. The van der Waals surface area contributed by atoms with Crippen LogP contribution >= 0.6 is 11.3 Å². The lowest BCUT2D eigenvalue weighted by atomic mass is 10.1. The first-order valence-electron chi connectivity index (χ1n) is 7.01. The summed E-state index contributed by atoms with van der Waals surface area (Å²) in [5.74, 6) is -1.02. The molecular weight excluding hydrogens is 290 g/mol. The van der Waals surface area contributed by atoms with Crippen LogP contribution in [0.2, 0.25) is 0 Å². The van der Waals surface area contributed by atoms with Crippen LogP contribution in [0.5, 0.6) is 0 Å². The van der Waals surface area contributed by atoms with E-state index in [0.717, 1.165) is 24.5 Å². The van der Waals surface area contributed by atoms with E-state index in [1.807, 2.05) is 6.92 Å². The average Bonchev–Trinajstić information content (AvgIpc) is 2.69. The molecule has 0 saturated heterocycles. The topological polar surface area (TPSA) is 81.7 Å². The Kier molecular flexibility index (Phi) is 6.64. The number of nitrogens with one attached hydrogen (secondary N) is 2. The number of hydrogen-bond donors (Lipinski definition) is 3. The molecular formula is C14H23N3O3S. The Balaban J connectivity index is 2.60. The summed E-state index contributed by atoms with van der Waals surface area (Å²) >= 11 is 1.28. The summed E-state index contributed by atoms with van der Waals surface area (Å²) in [6, 6.07) is -0.370. The minimum atomic E-state index is -1.02. The van der Waals surface area contributed by atoms with Gasteiger partial charge in [-0.05, 0) is 32.5 Å². The number of carbonyl (C=O) groups is 2. The number of nitrogens with zero attached hydrogens (tertiary/aromatic N) is 1. The average molecular weight is 313 g/mol. The zero-order valence-electron chi connectivity index (χ0n) is 12.9. The van der Waals surface area contributed by atoms with Gasteiger partial charge in [-0.3, -0.25) is 5.32 Å². The van der Waals surface area contributed by atoms with E-state index in [9.17, 15) is 14.7 Å². The molecule has 0 unspecified atom stereocenters. The molecule has 6 nitrogen and oxygen atoms in total. The number of likely N-dealkylation sites (N-methyl/N-ethyl adjacent to an activating group) is 1. The van der Waals surface area contributed by atoms with Crippen LogP contribution in [0.15, 0.2) is 0 Å². The van der Waals surface area contributed by atoms with Gasteiger partial charge in [0.1, 0.15) is 5.00 Å². The Morgan fingerprint density at radius 1 is 1.24 bits per heavy atom. The third-order valence-corrected chi connectivity index (χ3v) is 4.56. The van der Waals surface area contributed by atoms with E-state index in [1.54, 1.807) is 6.92 Å². The Morgan fingerprint density at radius 2 is 1.86 bits per heavy atom. The second kappa shape index (κ2) is 7.99. The van der Waals surface area contributed by atoms with Crippen LogP contribution in [0.4, 0.5) is 9.80 Å². The molecule has 0 bridgehead atoms. The normalized spacial score (nSPS) is 10.7. The molecule has 0 aliphatic heterocycles. The Labute approximate surface area is 129 Å². The predicted octanol–water partition coefficient (Wildman–Crippen LogP) is 2.53. The molecule has 1 aromatic heterocycles. The Bertz CT molecular complexity index is 510. The highest BCUT2D eigenvalue weighted by Gasteiger charge is 2.20. The number of carboxylic acids is 1. The Hall–Kier alpha value is -1.60. The summed E-state index contributed by atoms with van der Waals surface area (Å²) in [5.41, 5.74) is 0.877. The van der Waals surface area contributed by atoms with E-state index in [4.69, 9.17) is 0 Å². The molecule has 0 spiro atoms. The van der Waals surface area contributed by atoms with Crippen LogP contribution in [0, 0.1) is 13.8 Å². The lowest BCUT2D eigenvalue weighted by Gasteiger charge is -2.18. The second-order valence-electron chi connectivity index (χ2n) is 4.70. The number of hydrogen-bond acceptors (Lipinski definition) is 4. The third-order valence-electron chi connectivity index (χ3n) is 3.43. The molecule has 1 heterocycles. The van der Waals surface area contributed by atoms with Crippen molar-refractivity contribution >= 4 is 28.3 Å². The molecule has 0 saturated carbocycles. The maximum absolute atomic E-state index is 11.8. The molecule has 7 heteroatoms. The minimum Gasteiger partial charge on any atom is -0.478 e. The van der Waals surface area contributed by atoms with Gasteiger partial charge in [-0.15, -0.1) is 11.3 Å². The van der Waals surface area contributed by atoms with E-state index in [-0.39, 0.29) is 11.6 Å². The first-order valence-corrected chi connectivity index (χ1v) is 7.82. The molecule has 1 aromatic rings. The monoisotopic (exact) mass is 313 g/mol. The van der Waals surface area contributed by atoms with E-state index >= 15 is 0 Å². The molecule has 0 aliphatic carbocycles. The summed E-state index contributed by atoms with van der Waals surface area (Å²) in [7, 11) is 0. The van der Waals surface area contributed by atoms with Crippen molar-refractivity contribution < 1.29 is 14.7 Å². The van der Waals surface area contributed by atoms with Crippen molar-refractivity contribution in [2.45, 2.75) is 27.7 Å². The first-order chi connectivity index (χ1) is 9.90. The maximum Gasteiger partial charge on any atom is 0.338 e. The van der Waals surface area contributed by atoms with Crippen molar-refractivity contribution in [3.63, 3.8) is 0 Å².